The number of rotatable bonds is 2. The van der Waals surface area contributed by atoms with Crippen molar-refractivity contribution in [3.05, 3.63) is 23.8 Å². The molecular weight excluding hydrogens is 370 g/mol. The Hall–Kier alpha value is -2.28. The molecule has 0 spiro atoms. The van der Waals surface area contributed by atoms with Crippen LogP contribution in [0, 0.1) is 12.8 Å². The molecule has 0 aromatic heterocycles. The zero-order chi connectivity index (χ0) is 20.4. The number of morpholine rings is 1. The van der Waals surface area contributed by atoms with Gasteiger partial charge in [-0.25, -0.2) is 4.79 Å². The Bertz CT molecular complexity index is 754. The van der Waals surface area contributed by atoms with Crippen LogP contribution in [-0.4, -0.2) is 73.8 Å². The number of piperidine rings is 1. The Balaban J connectivity index is 1.42. The first-order valence-electron chi connectivity index (χ1n) is 10.8. The van der Waals surface area contributed by atoms with E-state index < -0.39 is 0 Å². The predicted octanol–water partition coefficient (Wildman–Crippen LogP) is 2.66. The summed E-state index contributed by atoms with van der Waals surface area (Å²) >= 11 is 0. The van der Waals surface area contributed by atoms with Gasteiger partial charge in [-0.1, -0.05) is 13.0 Å². The molecule has 158 valence electrons. The number of aryl methyl sites for hydroxylation is 1. The van der Waals surface area contributed by atoms with E-state index in [9.17, 15) is 9.59 Å². The number of likely N-dealkylation sites (tertiary alicyclic amines) is 1. The van der Waals surface area contributed by atoms with Crippen LogP contribution in [0.2, 0.25) is 0 Å². The van der Waals surface area contributed by atoms with E-state index in [0.29, 0.717) is 45.9 Å². The summed E-state index contributed by atoms with van der Waals surface area (Å²) in [5.74, 6) is 1.01. The highest BCUT2D eigenvalue weighted by Crippen LogP contribution is 2.36. The van der Waals surface area contributed by atoms with Gasteiger partial charge in [-0.3, -0.25) is 9.69 Å². The normalized spacial score (nSPS) is 22.8. The third kappa shape index (κ3) is 4.20. The summed E-state index contributed by atoms with van der Waals surface area (Å²) < 4.78 is 11.4. The molecule has 0 aliphatic carbocycles. The third-order valence-corrected chi connectivity index (χ3v) is 6.21. The van der Waals surface area contributed by atoms with Crippen molar-refractivity contribution in [3.8, 4) is 5.75 Å². The van der Waals surface area contributed by atoms with Crippen LogP contribution in [0.15, 0.2) is 18.2 Å². The van der Waals surface area contributed by atoms with E-state index in [1.165, 1.54) is 0 Å². The van der Waals surface area contributed by atoms with E-state index in [2.05, 4.69) is 6.92 Å². The first kappa shape index (κ1) is 20.0. The molecule has 29 heavy (non-hydrogen) atoms. The second-order valence-corrected chi connectivity index (χ2v) is 8.21. The van der Waals surface area contributed by atoms with Crippen molar-refractivity contribution in [2.45, 2.75) is 39.2 Å². The summed E-state index contributed by atoms with van der Waals surface area (Å²) in [6, 6.07) is 6.02. The number of fused-ring (bicyclic) bond motifs is 1. The molecule has 3 amide bonds. The Morgan fingerprint density at radius 2 is 1.79 bits per heavy atom. The topological polar surface area (TPSA) is 62.3 Å². The van der Waals surface area contributed by atoms with Crippen molar-refractivity contribution >= 4 is 17.6 Å². The minimum atomic E-state index is 0.00888. The van der Waals surface area contributed by atoms with Crippen LogP contribution in [0.3, 0.4) is 0 Å². The summed E-state index contributed by atoms with van der Waals surface area (Å²) in [5.41, 5.74) is 1.96. The number of carbonyl (C=O) groups excluding carboxylic acids is 2. The fourth-order valence-electron chi connectivity index (χ4n) is 4.38. The molecule has 3 aliphatic rings. The van der Waals surface area contributed by atoms with Crippen LogP contribution < -0.4 is 9.64 Å². The molecule has 2 fully saturated rings. The molecule has 7 heteroatoms. The van der Waals surface area contributed by atoms with E-state index in [-0.39, 0.29) is 24.0 Å². The van der Waals surface area contributed by atoms with Crippen molar-refractivity contribution in [1.29, 1.82) is 0 Å². The smallest absolute Gasteiger partial charge is 0.324 e. The summed E-state index contributed by atoms with van der Waals surface area (Å²) in [5, 5.41) is 0. The van der Waals surface area contributed by atoms with Crippen LogP contribution in [0.25, 0.3) is 0 Å². The van der Waals surface area contributed by atoms with Crippen molar-refractivity contribution in [2.75, 3.05) is 50.8 Å². The number of carbonyl (C=O) groups is 2. The lowest BCUT2D eigenvalue weighted by Crippen LogP contribution is -2.53. The fraction of sp³-hybridized carbons (Fsp3) is 0.636. The fourth-order valence-corrected chi connectivity index (χ4v) is 4.38. The second-order valence-electron chi connectivity index (χ2n) is 8.21. The molecule has 7 nitrogen and oxygen atoms in total. The molecule has 3 heterocycles. The number of nitrogens with zero attached hydrogens (tertiary/aromatic N) is 3. The number of urea groups is 1. The lowest BCUT2D eigenvalue weighted by atomic mass is 9.95. The number of anilines is 1. The van der Waals surface area contributed by atoms with Crippen LogP contribution >= 0.6 is 0 Å². The Labute approximate surface area is 172 Å². The average molecular weight is 402 g/mol. The Morgan fingerprint density at radius 3 is 2.48 bits per heavy atom. The van der Waals surface area contributed by atoms with Crippen molar-refractivity contribution in [1.82, 2.24) is 9.80 Å². The van der Waals surface area contributed by atoms with E-state index in [0.717, 1.165) is 36.3 Å². The van der Waals surface area contributed by atoms with Crippen LogP contribution in [0.1, 0.15) is 31.7 Å². The highest BCUT2D eigenvalue weighted by atomic mass is 16.5. The first-order chi connectivity index (χ1) is 14.1. The first-order valence-corrected chi connectivity index (χ1v) is 10.8. The van der Waals surface area contributed by atoms with E-state index in [1.54, 1.807) is 0 Å². The minimum absolute atomic E-state index is 0.00888. The predicted molar refractivity (Wildman–Crippen MR) is 110 cm³/mol. The molecule has 4 rings (SSSR count). The maximum atomic E-state index is 13.4. The van der Waals surface area contributed by atoms with Crippen LogP contribution in [0.5, 0.6) is 5.75 Å². The summed E-state index contributed by atoms with van der Waals surface area (Å²) in [4.78, 5) is 31.8. The van der Waals surface area contributed by atoms with Gasteiger partial charge in [0.25, 0.3) is 0 Å². The molecule has 3 aliphatic heterocycles. The molecule has 2 saturated heterocycles. The molecule has 0 unspecified atom stereocenters. The lowest BCUT2D eigenvalue weighted by molar-refractivity contribution is -0.141. The molecule has 1 aromatic carbocycles. The summed E-state index contributed by atoms with van der Waals surface area (Å²) in [6.45, 7) is 8.52. The van der Waals surface area contributed by atoms with Gasteiger partial charge in [0.05, 0.1) is 25.4 Å². The van der Waals surface area contributed by atoms with Gasteiger partial charge < -0.3 is 19.3 Å². The molecule has 1 atom stereocenters. The SMILES string of the molecule is CC[C@H]1CN(C(=O)N2CCC(C(=O)N3CCOCC3)CC2)c2cc(C)ccc2O1. The number of hydrogen-bond acceptors (Lipinski definition) is 4. The molecule has 1 aromatic rings. The van der Waals surface area contributed by atoms with Gasteiger partial charge in [0.2, 0.25) is 5.91 Å². The van der Waals surface area contributed by atoms with E-state index in [4.69, 9.17) is 9.47 Å². The molecule has 0 radical (unpaired) electrons. The quantitative estimate of drug-likeness (QED) is 0.764. The van der Waals surface area contributed by atoms with Crippen molar-refractivity contribution in [2.24, 2.45) is 5.92 Å². The Morgan fingerprint density at radius 1 is 1.07 bits per heavy atom. The number of ether oxygens (including phenoxy) is 2. The molecule has 0 N–H and O–H groups in total. The molecular formula is C22H31N3O4. The van der Waals surface area contributed by atoms with Gasteiger partial charge in [-0.05, 0) is 43.9 Å². The second kappa shape index (κ2) is 8.61. The third-order valence-electron chi connectivity index (χ3n) is 6.21. The summed E-state index contributed by atoms with van der Waals surface area (Å²) in [6.07, 6.45) is 2.32. The van der Waals surface area contributed by atoms with Gasteiger partial charge in [-0.2, -0.15) is 0 Å². The zero-order valence-corrected chi connectivity index (χ0v) is 17.4. The van der Waals surface area contributed by atoms with Gasteiger partial charge in [0.1, 0.15) is 11.9 Å². The maximum Gasteiger partial charge on any atom is 0.324 e. The zero-order valence-electron chi connectivity index (χ0n) is 17.4. The Kier molecular flexibility index (Phi) is 5.94. The van der Waals surface area contributed by atoms with Gasteiger partial charge in [-0.15, -0.1) is 0 Å². The van der Waals surface area contributed by atoms with Gasteiger partial charge in [0.15, 0.2) is 0 Å². The van der Waals surface area contributed by atoms with E-state index >= 15 is 0 Å². The van der Waals surface area contributed by atoms with Gasteiger partial charge in [0, 0.05) is 32.1 Å². The molecule has 0 bridgehead atoms. The summed E-state index contributed by atoms with van der Waals surface area (Å²) in [7, 11) is 0. The maximum absolute atomic E-state index is 13.4. The molecule has 0 saturated carbocycles. The number of hydrogen-bond donors (Lipinski definition) is 0. The lowest BCUT2D eigenvalue weighted by Gasteiger charge is -2.40. The number of benzene rings is 1. The van der Waals surface area contributed by atoms with Crippen molar-refractivity contribution < 1.29 is 19.1 Å². The van der Waals surface area contributed by atoms with Crippen LogP contribution in [-0.2, 0) is 9.53 Å². The largest absolute Gasteiger partial charge is 0.486 e. The number of amides is 3. The van der Waals surface area contributed by atoms with Gasteiger partial charge >= 0.3 is 6.03 Å². The minimum Gasteiger partial charge on any atom is -0.486 e. The monoisotopic (exact) mass is 401 g/mol. The van der Waals surface area contributed by atoms with Crippen LogP contribution in [0.4, 0.5) is 10.5 Å². The highest BCUT2D eigenvalue weighted by Gasteiger charge is 2.35. The standard InChI is InChI=1S/C22H31N3O4/c1-3-18-15-25(19-14-16(2)4-5-20(19)29-18)22(27)24-8-6-17(7-9-24)21(26)23-10-12-28-13-11-23/h4-5,14,17-18H,3,6-13,15H2,1-2H3/t18-/m0/s1. The van der Waals surface area contributed by atoms with Crippen molar-refractivity contribution in [3.63, 3.8) is 0 Å². The van der Waals surface area contributed by atoms with E-state index in [1.807, 2.05) is 39.8 Å². The highest BCUT2D eigenvalue weighted by molar-refractivity contribution is 5.94. The average Bonchev–Trinajstić information content (AvgIpc) is 2.78.